The van der Waals surface area contributed by atoms with E-state index in [0.29, 0.717) is 41.3 Å². The number of alkyl halides is 2. The van der Waals surface area contributed by atoms with Gasteiger partial charge >= 0.3 is 0 Å². The van der Waals surface area contributed by atoms with Gasteiger partial charge in [0.25, 0.3) is 6.43 Å². The maximum Gasteiger partial charge on any atom is 0.266 e. The standard InChI is InChI=1S/C20H18F3N3O2/c1-9(11-4-3-5-12(16(11)21)19(22)23)24-20-14-8-15(27)18-13(6-7-28-18)17(14)25-10(2)26-20/h3-5,8-9,19,27H,6-7H2,1-2H3,(H,24,25,26)/t9-/m1/s1. The lowest BCUT2D eigenvalue weighted by molar-refractivity contribution is 0.146. The molecule has 0 fully saturated rings. The number of hydrogen-bond acceptors (Lipinski definition) is 5. The molecular formula is C20H18F3N3O2. The second kappa shape index (κ2) is 6.85. The maximum absolute atomic E-state index is 14.5. The van der Waals surface area contributed by atoms with Gasteiger partial charge in [0.15, 0.2) is 11.5 Å². The number of hydrogen-bond donors (Lipinski definition) is 2. The minimum Gasteiger partial charge on any atom is -0.504 e. The predicted octanol–water partition coefficient (Wildman–Crippen LogP) is 4.83. The summed E-state index contributed by atoms with van der Waals surface area (Å²) in [4.78, 5) is 8.84. The molecule has 0 saturated heterocycles. The van der Waals surface area contributed by atoms with Gasteiger partial charge in [0.05, 0.1) is 23.7 Å². The molecule has 146 valence electrons. The number of aryl methyl sites for hydroxylation is 1. The summed E-state index contributed by atoms with van der Waals surface area (Å²) in [5, 5.41) is 13.9. The number of fused-ring (bicyclic) bond motifs is 3. The molecule has 0 saturated carbocycles. The summed E-state index contributed by atoms with van der Waals surface area (Å²) in [6.07, 6.45) is -2.29. The van der Waals surface area contributed by atoms with Crippen molar-refractivity contribution in [2.45, 2.75) is 32.7 Å². The first-order valence-electron chi connectivity index (χ1n) is 8.85. The number of ether oxygens (including phenoxy) is 1. The van der Waals surface area contributed by atoms with Crippen LogP contribution in [0.1, 0.15) is 41.9 Å². The largest absolute Gasteiger partial charge is 0.504 e. The zero-order valence-corrected chi connectivity index (χ0v) is 15.3. The van der Waals surface area contributed by atoms with Gasteiger partial charge in [-0.1, -0.05) is 18.2 Å². The molecule has 2 heterocycles. The molecule has 0 aliphatic carbocycles. The van der Waals surface area contributed by atoms with Crippen molar-refractivity contribution < 1.29 is 23.0 Å². The number of aromatic hydroxyl groups is 1. The second-order valence-electron chi connectivity index (χ2n) is 6.73. The lowest BCUT2D eigenvalue weighted by atomic mass is 10.0. The Balaban J connectivity index is 1.79. The Kier molecular flexibility index (Phi) is 4.49. The van der Waals surface area contributed by atoms with Gasteiger partial charge in [-0.3, -0.25) is 0 Å². The summed E-state index contributed by atoms with van der Waals surface area (Å²) in [5.74, 6) is 0.338. The highest BCUT2D eigenvalue weighted by Gasteiger charge is 2.24. The molecule has 0 spiro atoms. The summed E-state index contributed by atoms with van der Waals surface area (Å²) in [6.45, 7) is 3.84. The van der Waals surface area contributed by atoms with Crippen LogP contribution >= 0.6 is 0 Å². The van der Waals surface area contributed by atoms with Crippen molar-refractivity contribution >= 4 is 16.7 Å². The van der Waals surface area contributed by atoms with E-state index in [-0.39, 0.29) is 11.3 Å². The lowest BCUT2D eigenvalue weighted by Gasteiger charge is -2.19. The van der Waals surface area contributed by atoms with Crippen molar-refractivity contribution in [3.05, 3.63) is 52.6 Å². The third-order valence-electron chi connectivity index (χ3n) is 4.84. The average Bonchev–Trinajstić information content (AvgIpc) is 3.13. The zero-order chi connectivity index (χ0) is 20.0. The smallest absolute Gasteiger partial charge is 0.266 e. The van der Waals surface area contributed by atoms with Crippen LogP contribution in [0.3, 0.4) is 0 Å². The number of nitrogens with one attached hydrogen (secondary N) is 1. The molecule has 0 radical (unpaired) electrons. The van der Waals surface area contributed by atoms with Gasteiger partial charge in [0.1, 0.15) is 17.5 Å². The van der Waals surface area contributed by atoms with E-state index < -0.39 is 23.8 Å². The molecule has 1 atom stereocenters. The fourth-order valence-electron chi connectivity index (χ4n) is 3.52. The Bertz CT molecular complexity index is 1070. The van der Waals surface area contributed by atoms with Crippen LogP contribution in [0, 0.1) is 12.7 Å². The zero-order valence-electron chi connectivity index (χ0n) is 15.3. The number of halogens is 3. The highest BCUT2D eigenvalue weighted by molar-refractivity contribution is 5.95. The molecule has 1 aliphatic heterocycles. The number of phenols is 1. The third-order valence-corrected chi connectivity index (χ3v) is 4.84. The second-order valence-corrected chi connectivity index (χ2v) is 6.73. The molecule has 2 aromatic carbocycles. The van der Waals surface area contributed by atoms with E-state index in [9.17, 15) is 18.3 Å². The van der Waals surface area contributed by atoms with Crippen LogP contribution < -0.4 is 10.1 Å². The molecular weight excluding hydrogens is 371 g/mol. The fraction of sp³-hybridized carbons (Fsp3) is 0.300. The van der Waals surface area contributed by atoms with E-state index in [1.165, 1.54) is 18.2 Å². The van der Waals surface area contributed by atoms with Gasteiger partial charge in [0, 0.05) is 22.9 Å². The molecule has 3 aromatic rings. The lowest BCUT2D eigenvalue weighted by Crippen LogP contribution is -2.12. The molecule has 4 rings (SSSR count). The average molecular weight is 389 g/mol. The van der Waals surface area contributed by atoms with Gasteiger partial charge in [-0.15, -0.1) is 0 Å². The van der Waals surface area contributed by atoms with Crippen LogP contribution in [0.5, 0.6) is 11.5 Å². The van der Waals surface area contributed by atoms with E-state index in [0.717, 1.165) is 11.6 Å². The van der Waals surface area contributed by atoms with Crippen molar-refractivity contribution in [1.82, 2.24) is 9.97 Å². The number of rotatable bonds is 4. The summed E-state index contributed by atoms with van der Waals surface area (Å²) < 4.78 is 46.0. The SMILES string of the molecule is Cc1nc(N[C@H](C)c2cccc(C(F)F)c2F)c2cc(O)c3c(c2n1)CCO3. The molecule has 0 bridgehead atoms. The molecule has 0 unspecified atom stereocenters. The predicted molar refractivity (Wildman–Crippen MR) is 98.5 cm³/mol. The quantitative estimate of drug-likeness (QED) is 0.669. The monoisotopic (exact) mass is 389 g/mol. The summed E-state index contributed by atoms with van der Waals surface area (Å²) in [6, 6.07) is 4.79. The first-order chi connectivity index (χ1) is 13.4. The highest BCUT2D eigenvalue weighted by atomic mass is 19.3. The Morgan fingerprint density at radius 1 is 1.21 bits per heavy atom. The van der Waals surface area contributed by atoms with Crippen molar-refractivity contribution in [3.8, 4) is 11.5 Å². The minimum absolute atomic E-state index is 0.0194. The molecule has 0 amide bonds. The van der Waals surface area contributed by atoms with Crippen LogP contribution in [-0.4, -0.2) is 21.7 Å². The molecule has 8 heteroatoms. The van der Waals surface area contributed by atoms with Gasteiger partial charge in [-0.2, -0.15) is 0 Å². The highest BCUT2D eigenvalue weighted by Crippen LogP contribution is 2.42. The minimum atomic E-state index is -2.89. The van der Waals surface area contributed by atoms with Crippen LogP contribution in [-0.2, 0) is 6.42 Å². The first kappa shape index (κ1) is 18.3. The van der Waals surface area contributed by atoms with E-state index in [4.69, 9.17) is 4.74 Å². The Labute approximate surface area is 159 Å². The van der Waals surface area contributed by atoms with Gasteiger partial charge < -0.3 is 15.2 Å². The van der Waals surface area contributed by atoms with Crippen molar-refractivity contribution in [2.24, 2.45) is 0 Å². The Morgan fingerprint density at radius 3 is 2.71 bits per heavy atom. The summed E-state index contributed by atoms with van der Waals surface area (Å²) >= 11 is 0. The van der Waals surface area contributed by atoms with E-state index in [1.807, 2.05) is 0 Å². The topological polar surface area (TPSA) is 67.3 Å². The van der Waals surface area contributed by atoms with Crippen LogP contribution in [0.15, 0.2) is 24.3 Å². The molecule has 2 N–H and O–H groups in total. The van der Waals surface area contributed by atoms with Gasteiger partial charge in [-0.25, -0.2) is 23.1 Å². The van der Waals surface area contributed by atoms with Crippen LogP contribution in [0.2, 0.25) is 0 Å². The normalized spacial score (nSPS) is 14.2. The first-order valence-corrected chi connectivity index (χ1v) is 8.85. The third kappa shape index (κ3) is 2.98. The Hall–Kier alpha value is -3.03. The number of anilines is 1. The van der Waals surface area contributed by atoms with Crippen molar-refractivity contribution in [3.63, 3.8) is 0 Å². The van der Waals surface area contributed by atoms with Gasteiger partial charge in [-0.05, 0) is 19.9 Å². The van der Waals surface area contributed by atoms with E-state index in [1.54, 1.807) is 13.8 Å². The Morgan fingerprint density at radius 2 is 1.96 bits per heavy atom. The van der Waals surface area contributed by atoms with E-state index >= 15 is 0 Å². The summed E-state index contributed by atoms with van der Waals surface area (Å²) in [5.41, 5.74) is 0.912. The van der Waals surface area contributed by atoms with Crippen LogP contribution in [0.25, 0.3) is 10.9 Å². The maximum atomic E-state index is 14.5. The number of aromatic nitrogens is 2. The molecule has 28 heavy (non-hydrogen) atoms. The number of benzene rings is 2. The number of phenolic OH excluding ortho intramolecular Hbond substituents is 1. The van der Waals surface area contributed by atoms with Crippen LogP contribution in [0.4, 0.5) is 19.0 Å². The number of nitrogens with zero attached hydrogens (tertiary/aromatic N) is 2. The molecule has 1 aliphatic rings. The van der Waals surface area contributed by atoms with E-state index in [2.05, 4.69) is 15.3 Å². The molecule has 1 aromatic heterocycles. The molecule has 5 nitrogen and oxygen atoms in total. The summed E-state index contributed by atoms with van der Waals surface area (Å²) in [7, 11) is 0. The fourth-order valence-corrected chi connectivity index (χ4v) is 3.52. The van der Waals surface area contributed by atoms with Crippen molar-refractivity contribution in [2.75, 3.05) is 11.9 Å². The van der Waals surface area contributed by atoms with Crippen molar-refractivity contribution in [1.29, 1.82) is 0 Å². The van der Waals surface area contributed by atoms with Gasteiger partial charge in [0.2, 0.25) is 0 Å².